The Hall–Kier alpha value is -1.52. The van der Waals surface area contributed by atoms with Crippen molar-refractivity contribution < 1.29 is 4.79 Å². The van der Waals surface area contributed by atoms with E-state index in [2.05, 4.69) is 22.4 Å². The van der Waals surface area contributed by atoms with Gasteiger partial charge in [0.25, 0.3) is 5.91 Å². The van der Waals surface area contributed by atoms with Crippen molar-refractivity contribution >= 4 is 11.6 Å². The molecule has 1 heterocycles. The van der Waals surface area contributed by atoms with Crippen molar-refractivity contribution in [3.63, 3.8) is 0 Å². The van der Waals surface area contributed by atoms with Gasteiger partial charge in [0.2, 0.25) is 0 Å². The average Bonchev–Trinajstić information content (AvgIpc) is 2.76. The van der Waals surface area contributed by atoms with E-state index in [0.29, 0.717) is 23.3 Å². The van der Waals surface area contributed by atoms with Gasteiger partial charge in [-0.05, 0) is 18.8 Å². The number of aryl methyl sites for hydroxylation is 1. The minimum atomic E-state index is -0.169. The molecule has 4 N–H and O–H groups in total. The zero-order valence-electron chi connectivity index (χ0n) is 9.00. The number of nitrogens with one attached hydrogen (secondary N) is 2. The molecule has 15 heavy (non-hydrogen) atoms. The van der Waals surface area contributed by atoms with Crippen molar-refractivity contribution in [2.75, 3.05) is 5.73 Å². The van der Waals surface area contributed by atoms with Crippen LogP contribution in [0.5, 0.6) is 0 Å². The molecule has 0 bridgehead atoms. The maximum Gasteiger partial charge on any atom is 0.274 e. The summed E-state index contributed by atoms with van der Waals surface area (Å²) in [6.07, 6.45) is 1.81. The van der Waals surface area contributed by atoms with Gasteiger partial charge in [-0.2, -0.15) is 5.10 Å². The number of aromatic amines is 1. The predicted octanol–water partition coefficient (Wildman–Crippen LogP) is 0.692. The number of hydrogen-bond donors (Lipinski definition) is 3. The van der Waals surface area contributed by atoms with Crippen LogP contribution < -0.4 is 11.1 Å². The minimum Gasteiger partial charge on any atom is -0.395 e. The normalized spacial score (nSPS) is 23.9. The molecule has 1 aromatic heterocycles. The van der Waals surface area contributed by atoms with Crippen LogP contribution in [0.15, 0.2) is 0 Å². The molecule has 1 fully saturated rings. The lowest BCUT2D eigenvalue weighted by Crippen LogP contribution is -2.27. The number of carbonyl (C=O) groups excluding carboxylic acids is 1. The van der Waals surface area contributed by atoms with Gasteiger partial charge in [0, 0.05) is 6.04 Å². The summed E-state index contributed by atoms with van der Waals surface area (Å²) in [5.74, 6) is 0.414. The lowest BCUT2D eigenvalue weighted by Gasteiger charge is -2.01. The van der Waals surface area contributed by atoms with Crippen molar-refractivity contribution in [2.24, 2.45) is 5.92 Å². The Morgan fingerprint density at radius 1 is 1.73 bits per heavy atom. The summed E-state index contributed by atoms with van der Waals surface area (Å²) < 4.78 is 0. The fourth-order valence-electron chi connectivity index (χ4n) is 1.59. The number of nitrogens with zero attached hydrogens (tertiary/aromatic N) is 1. The summed E-state index contributed by atoms with van der Waals surface area (Å²) in [5.41, 5.74) is 7.41. The number of H-pyrrole nitrogens is 1. The fraction of sp³-hybridized carbons (Fsp3) is 0.600. The number of amides is 1. The monoisotopic (exact) mass is 208 g/mol. The second-order valence-electron chi connectivity index (χ2n) is 4.11. The van der Waals surface area contributed by atoms with Gasteiger partial charge in [0.05, 0.1) is 11.4 Å². The Balaban J connectivity index is 2.08. The molecule has 2 atom stereocenters. The lowest BCUT2D eigenvalue weighted by molar-refractivity contribution is 0.0945. The first-order chi connectivity index (χ1) is 7.13. The standard InChI is InChI=1S/C10H16N4O/c1-3-6-8(11)9(14-13-6)10(15)12-7-4-5(7)2/h5,7H,3-4,11H2,1-2H3,(H,12,15)(H,13,14). The number of nitrogen functional groups attached to an aromatic ring is 1. The van der Waals surface area contributed by atoms with Crippen LogP contribution in [0.2, 0.25) is 0 Å². The van der Waals surface area contributed by atoms with Crippen LogP contribution in [0.1, 0.15) is 36.5 Å². The Morgan fingerprint density at radius 2 is 2.40 bits per heavy atom. The van der Waals surface area contributed by atoms with Gasteiger partial charge < -0.3 is 11.1 Å². The van der Waals surface area contributed by atoms with Crippen LogP contribution in [0, 0.1) is 5.92 Å². The van der Waals surface area contributed by atoms with Gasteiger partial charge >= 0.3 is 0 Å². The molecule has 5 heteroatoms. The van der Waals surface area contributed by atoms with Crippen molar-refractivity contribution in [2.45, 2.75) is 32.7 Å². The molecule has 0 aromatic carbocycles. The summed E-state index contributed by atoms with van der Waals surface area (Å²) in [6.45, 7) is 4.07. The SMILES string of the molecule is CCc1[nH]nc(C(=O)NC2CC2C)c1N. The quantitative estimate of drug-likeness (QED) is 0.683. The zero-order valence-corrected chi connectivity index (χ0v) is 9.00. The molecule has 1 aromatic rings. The Kier molecular flexibility index (Phi) is 2.38. The lowest BCUT2D eigenvalue weighted by atomic mass is 10.2. The van der Waals surface area contributed by atoms with E-state index in [1.54, 1.807) is 0 Å². The average molecular weight is 208 g/mol. The number of aromatic nitrogens is 2. The third kappa shape index (κ3) is 1.82. The largest absolute Gasteiger partial charge is 0.395 e. The summed E-state index contributed by atoms with van der Waals surface area (Å²) >= 11 is 0. The van der Waals surface area contributed by atoms with E-state index >= 15 is 0 Å². The molecule has 1 aliphatic carbocycles. The molecule has 0 aliphatic heterocycles. The second kappa shape index (κ2) is 3.56. The van der Waals surface area contributed by atoms with Crippen LogP contribution in [0.3, 0.4) is 0 Å². The van der Waals surface area contributed by atoms with Gasteiger partial charge in [0.1, 0.15) is 0 Å². The number of carbonyl (C=O) groups is 1. The van der Waals surface area contributed by atoms with Gasteiger partial charge in [-0.25, -0.2) is 0 Å². The Labute approximate surface area is 88.4 Å². The minimum absolute atomic E-state index is 0.169. The van der Waals surface area contributed by atoms with Gasteiger partial charge in [-0.15, -0.1) is 0 Å². The first kappa shape index (κ1) is 10.0. The van der Waals surface area contributed by atoms with Gasteiger partial charge in [0.15, 0.2) is 5.69 Å². The maximum atomic E-state index is 11.7. The molecule has 0 radical (unpaired) electrons. The summed E-state index contributed by atoms with van der Waals surface area (Å²) in [4.78, 5) is 11.7. The molecule has 0 saturated heterocycles. The van der Waals surface area contributed by atoms with E-state index in [4.69, 9.17) is 5.73 Å². The highest BCUT2D eigenvalue weighted by Gasteiger charge is 2.34. The number of nitrogens with two attached hydrogens (primary N) is 1. The smallest absolute Gasteiger partial charge is 0.274 e. The van der Waals surface area contributed by atoms with E-state index in [1.165, 1.54) is 0 Å². The van der Waals surface area contributed by atoms with Crippen LogP contribution in [0.25, 0.3) is 0 Å². The second-order valence-corrected chi connectivity index (χ2v) is 4.11. The topological polar surface area (TPSA) is 83.8 Å². The highest BCUT2D eigenvalue weighted by molar-refractivity contribution is 5.97. The van der Waals surface area contributed by atoms with Crippen molar-refractivity contribution in [1.29, 1.82) is 0 Å². The van der Waals surface area contributed by atoms with Gasteiger partial charge in [-0.3, -0.25) is 9.89 Å². The van der Waals surface area contributed by atoms with E-state index < -0.39 is 0 Å². The van der Waals surface area contributed by atoms with E-state index in [0.717, 1.165) is 18.5 Å². The molecule has 2 unspecified atom stereocenters. The van der Waals surface area contributed by atoms with Crippen LogP contribution in [0.4, 0.5) is 5.69 Å². The zero-order chi connectivity index (χ0) is 11.0. The summed E-state index contributed by atoms with van der Waals surface area (Å²) in [7, 11) is 0. The van der Waals surface area contributed by atoms with E-state index in [9.17, 15) is 4.79 Å². The van der Waals surface area contributed by atoms with Gasteiger partial charge in [-0.1, -0.05) is 13.8 Å². The molecule has 1 amide bonds. The van der Waals surface area contributed by atoms with Crippen LogP contribution in [-0.4, -0.2) is 22.1 Å². The number of hydrogen-bond acceptors (Lipinski definition) is 3. The predicted molar refractivity (Wildman–Crippen MR) is 57.4 cm³/mol. The first-order valence-electron chi connectivity index (χ1n) is 5.27. The Bertz CT molecular complexity index is 385. The third-order valence-electron chi connectivity index (χ3n) is 2.88. The van der Waals surface area contributed by atoms with Crippen LogP contribution in [-0.2, 0) is 6.42 Å². The van der Waals surface area contributed by atoms with Crippen molar-refractivity contribution in [3.8, 4) is 0 Å². The highest BCUT2D eigenvalue weighted by Crippen LogP contribution is 2.29. The molecule has 0 spiro atoms. The third-order valence-corrected chi connectivity index (χ3v) is 2.88. The Morgan fingerprint density at radius 3 is 2.87 bits per heavy atom. The van der Waals surface area contributed by atoms with Crippen molar-refractivity contribution in [3.05, 3.63) is 11.4 Å². The first-order valence-corrected chi connectivity index (χ1v) is 5.27. The molecule has 2 rings (SSSR count). The molecule has 82 valence electrons. The van der Waals surface area contributed by atoms with Crippen LogP contribution >= 0.6 is 0 Å². The van der Waals surface area contributed by atoms with E-state index in [-0.39, 0.29) is 5.91 Å². The number of anilines is 1. The molecule has 1 saturated carbocycles. The highest BCUT2D eigenvalue weighted by atomic mass is 16.2. The number of rotatable bonds is 3. The molecular weight excluding hydrogens is 192 g/mol. The van der Waals surface area contributed by atoms with Crippen molar-refractivity contribution in [1.82, 2.24) is 15.5 Å². The molecule has 5 nitrogen and oxygen atoms in total. The summed E-state index contributed by atoms with van der Waals surface area (Å²) in [6, 6.07) is 0.304. The summed E-state index contributed by atoms with van der Waals surface area (Å²) in [5, 5.41) is 9.60. The molecule has 1 aliphatic rings. The maximum absolute atomic E-state index is 11.7. The fourth-order valence-corrected chi connectivity index (χ4v) is 1.59. The molecular formula is C10H16N4O. The van der Waals surface area contributed by atoms with E-state index in [1.807, 2.05) is 6.92 Å².